The molecule has 1 aromatic rings. The van der Waals surface area contributed by atoms with E-state index in [4.69, 9.17) is 10.5 Å². The first kappa shape index (κ1) is 14.8. The smallest absolute Gasteiger partial charge is 0.326 e. The maximum atomic E-state index is 12.6. The Kier molecular flexibility index (Phi) is 3.97. The van der Waals surface area contributed by atoms with Crippen molar-refractivity contribution < 1.29 is 22.7 Å². The van der Waals surface area contributed by atoms with Crippen molar-refractivity contribution in [1.82, 2.24) is 13.9 Å². The summed E-state index contributed by atoms with van der Waals surface area (Å²) in [6.07, 6.45) is 1.30. The number of carbonyl (C=O) groups excluding carboxylic acids is 1. The van der Waals surface area contributed by atoms with Crippen LogP contribution in [0.2, 0.25) is 0 Å². The molecule has 0 amide bonds. The predicted molar refractivity (Wildman–Crippen MR) is 68.1 cm³/mol. The van der Waals surface area contributed by atoms with Gasteiger partial charge in [0.1, 0.15) is 6.04 Å². The van der Waals surface area contributed by atoms with Crippen LogP contribution in [0.4, 0.5) is 5.82 Å². The number of carbonyl (C=O) groups is 1. The fraction of sp³-hybridized carbons (Fsp3) is 0.600. The van der Waals surface area contributed by atoms with Gasteiger partial charge in [-0.3, -0.25) is 4.79 Å². The lowest BCUT2D eigenvalue weighted by Crippen LogP contribution is -2.53. The average Bonchev–Trinajstić information content (AvgIpc) is 2.77. The van der Waals surface area contributed by atoms with Crippen LogP contribution in [-0.4, -0.2) is 61.2 Å². The van der Waals surface area contributed by atoms with Gasteiger partial charge in [0, 0.05) is 13.6 Å². The number of aromatic nitrogens is 2. The summed E-state index contributed by atoms with van der Waals surface area (Å²) in [7, 11) is -1.24. The topological polar surface area (TPSA) is 117 Å². The quantitative estimate of drug-likeness (QED) is 0.680. The second kappa shape index (κ2) is 5.38. The number of ether oxygens (including phenoxy) is 2. The molecule has 2 heterocycles. The molecule has 1 aliphatic heterocycles. The number of esters is 1. The van der Waals surface area contributed by atoms with Crippen molar-refractivity contribution in [2.45, 2.75) is 11.1 Å². The Morgan fingerprint density at radius 3 is 2.85 bits per heavy atom. The maximum absolute atomic E-state index is 12.6. The normalized spacial score (nSPS) is 20.8. The Morgan fingerprint density at radius 2 is 2.30 bits per heavy atom. The summed E-state index contributed by atoms with van der Waals surface area (Å²) in [5, 5.41) is -0.145. The van der Waals surface area contributed by atoms with Crippen molar-refractivity contribution >= 4 is 21.8 Å². The van der Waals surface area contributed by atoms with E-state index in [1.165, 1.54) is 25.1 Å². The molecule has 0 aromatic carbocycles. The molecule has 1 saturated heterocycles. The molecule has 10 heteroatoms. The minimum absolute atomic E-state index is 0.0483. The number of sulfonamides is 1. The minimum Gasteiger partial charge on any atom is -0.468 e. The third kappa shape index (κ3) is 2.37. The van der Waals surface area contributed by atoms with Crippen molar-refractivity contribution in [3.8, 4) is 0 Å². The number of rotatable bonds is 3. The Bertz CT molecular complexity index is 592. The van der Waals surface area contributed by atoms with Crippen LogP contribution in [0.1, 0.15) is 0 Å². The Morgan fingerprint density at radius 1 is 1.60 bits per heavy atom. The van der Waals surface area contributed by atoms with E-state index >= 15 is 0 Å². The van der Waals surface area contributed by atoms with Crippen LogP contribution >= 0.6 is 0 Å². The molecule has 0 aliphatic carbocycles. The summed E-state index contributed by atoms with van der Waals surface area (Å²) in [4.78, 5) is 15.5. The first-order chi connectivity index (χ1) is 9.39. The number of imidazole rings is 1. The average molecular weight is 304 g/mol. The Hall–Kier alpha value is -1.65. The third-order valence-electron chi connectivity index (χ3n) is 3.02. The summed E-state index contributed by atoms with van der Waals surface area (Å²) in [6, 6.07) is -1.02. The van der Waals surface area contributed by atoms with E-state index in [2.05, 4.69) is 9.72 Å². The summed E-state index contributed by atoms with van der Waals surface area (Å²) < 4.78 is 37.4. The summed E-state index contributed by atoms with van der Waals surface area (Å²) >= 11 is 0. The zero-order valence-corrected chi connectivity index (χ0v) is 12.0. The molecule has 0 bridgehead atoms. The van der Waals surface area contributed by atoms with Gasteiger partial charge in [-0.2, -0.15) is 4.31 Å². The second-order valence-electron chi connectivity index (χ2n) is 4.28. The van der Waals surface area contributed by atoms with Gasteiger partial charge in [-0.15, -0.1) is 0 Å². The molecule has 2 N–H and O–H groups in total. The zero-order chi connectivity index (χ0) is 14.9. The molecule has 0 spiro atoms. The number of anilines is 1. The maximum Gasteiger partial charge on any atom is 0.326 e. The van der Waals surface area contributed by atoms with Crippen molar-refractivity contribution in [2.24, 2.45) is 7.05 Å². The van der Waals surface area contributed by atoms with Crippen molar-refractivity contribution in [3.63, 3.8) is 0 Å². The Labute approximate surface area is 116 Å². The molecule has 1 unspecified atom stereocenters. The van der Waals surface area contributed by atoms with Gasteiger partial charge in [-0.1, -0.05) is 0 Å². The Balaban J connectivity index is 2.44. The van der Waals surface area contributed by atoms with Crippen LogP contribution in [0, 0.1) is 0 Å². The molecule has 9 nitrogen and oxygen atoms in total. The van der Waals surface area contributed by atoms with Crippen LogP contribution in [0.25, 0.3) is 0 Å². The third-order valence-corrected chi connectivity index (χ3v) is 5.06. The number of nitrogens with zero attached hydrogens (tertiary/aromatic N) is 3. The van der Waals surface area contributed by atoms with E-state index in [-0.39, 0.29) is 30.6 Å². The molecule has 0 radical (unpaired) electrons. The van der Waals surface area contributed by atoms with Crippen LogP contribution in [0.5, 0.6) is 0 Å². The van der Waals surface area contributed by atoms with Crippen LogP contribution in [-0.2, 0) is 31.3 Å². The van der Waals surface area contributed by atoms with Gasteiger partial charge in [-0.25, -0.2) is 13.4 Å². The first-order valence-corrected chi connectivity index (χ1v) is 7.27. The van der Waals surface area contributed by atoms with Crippen molar-refractivity contribution in [1.29, 1.82) is 0 Å². The number of hydrogen-bond acceptors (Lipinski definition) is 7. The van der Waals surface area contributed by atoms with Gasteiger partial charge < -0.3 is 19.8 Å². The van der Waals surface area contributed by atoms with Crippen molar-refractivity contribution in [2.75, 3.05) is 32.6 Å². The minimum atomic E-state index is -3.96. The number of morpholine rings is 1. The molecule has 112 valence electrons. The van der Waals surface area contributed by atoms with Crippen LogP contribution < -0.4 is 5.73 Å². The summed E-state index contributed by atoms with van der Waals surface area (Å²) in [6.45, 7) is 0.195. The second-order valence-corrected chi connectivity index (χ2v) is 6.08. The van der Waals surface area contributed by atoms with Gasteiger partial charge in [0.05, 0.1) is 26.7 Å². The molecule has 2 rings (SSSR count). The molecule has 1 atom stereocenters. The van der Waals surface area contributed by atoms with E-state index in [1.54, 1.807) is 0 Å². The lowest BCUT2D eigenvalue weighted by Gasteiger charge is -2.32. The van der Waals surface area contributed by atoms with Crippen LogP contribution in [0.3, 0.4) is 0 Å². The van der Waals surface area contributed by atoms with Gasteiger partial charge in [0.15, 0.2) is 10.8 Å². The molecule has 20 heavy (non-hydrogen) atoms. The molecule has 1 aromatic heterocycles. The zero-order valence-electron chi connectivity index (χ0n) is 11.1. The van der Waals surface area contributed by atoms with Gasteiger partial charge in [0.25, 0.3) is 10.0 Å². The first-order valence-electron chi connectivity index (χ1n) is 5.83. The monoisotopic (exact) mass is 304 g/mol. The summed E-state index contributed by atoms with van der Waals surface area (Å²) in [5.41, 5.74) is 5.60. The lowest BCUT2D eigenvalue weighted by molar-refractivity contribution is -0.149. The predicted octanol–water partition coefficient (Wildman–Crippen LogP) is -1.44. The van der Waals surface area contributed by atoms with E-state index in [0.717, 1.165) is 4.31 Å². The number of nitrogen functional groups attached to an aromatic ring is 1. The molecule has 1 aliphatic rings. The fourth-order valence-electron chi connectivity index (χ4n) is 2.06. The fourth-order valence-corrected chi connectivity index (χ4v) is 3.81. The SMILES string of the molecule is COC(=O)C1COCCN1S(=O)(=O)c1c(N)ncn1C. The van der Waals surface area contributed by atoms with E-state index in [9.17, 15) is 13.2 Å². The lowest BCUT2D eigenvalue weighted by atomic mass is 10.3. The number of aryl methyl sites for hydroxylation is 1. The molecule has 0 saturated carbocycles. The van der Waals surface area contributed by atoms with Gasteiger partial charge in [0.2, 0.25) is 0 Å². The van der Waals surface area contributed by atoms with Gasteiger partial charge >= 0.3 is 5.97 Å². The standard InChI is InChI=1S/C10H16N4O5S/c1-13-6-12-8(11)9(13)20(16,17)14-3-4-19-5-7(14)10(15)18-2/h6-7H,3-5,11H2,1-2H3. The molecule has 1 fully saturated rings. The van der Waals surface area contributed by atoms with E-state index in [1.807, 2.05) is 0 Å². The molecular weight excluding hydrogens is 288 g/mol. The van der Waals surface area contributed by atoms with E-state index in [0.29, 0.717) is 0 Å². The highest BCUT2D eigenvalue weighted by molar-refractivity contribution is 7.89. The van der Waals surface area contributed by atoms with E-state index < -0.39 is 22.0 Å². The van der Waals surface area contributed by atoms with Gasteiger partial charge in [-0.05, 0) is 0 Å². The number of nitrogens with two attached hydrogens (primary N) is 1. The highest BCUT2D eigenvalue weighted by Crippen LogP contribution is 2.24. The van der Waals surface area contributed by atoms with Crippen molar-refractivity contribution in [3.05, 3.63) is 6.33 Å². The highest BCUT2D eigenvalue weighted by Gasteiger charge is 2.41. The number of hydrogen-bond donors (Lipinski definition) is 1. The summed E-state index contributed by atoms with van der Waals surface area (Å²) in [5.74, 6) is -0.781. The highest BCUT2D eigenvalue weighted by atomic mass is 32.2. The number of methoxy groups -OCH3 is 1. The van der Waals surface area contributed by atoms with Crippen LogP contribution in [0.15, 0.2) is 11.4 Å². The largest absolute Gasteiger partial charge is 0.468 e. The molecular formula is C10H16N4O5S.